The Morgan fingerprint density at radius 3 is 2.74 bits per heavy atom. The maximum Gasteiger partial charge on any atom is 0.223 e. The summed E-state index contributed by atoms with van der Waals surface area (Å²) in [5, 5.41) is 0. The first-order valence-electron chi connectivity index (χ1n) is 6.64. The summed E-state index contributed by atoms with van der Waals surface area (Å²) in [7, 11) is 4.11. The van der Waals surface area contributed by atoms with Crippen molar-refractivity contribution < 1.29 is 4.79 Å². The Hall–Kier alpha value is -1.06. The molecular weight excluding hydrogens is 260 g/mol. The van der Waals surface area contributed by atoms with E-state index in [1.165, 1.54) is 11.1 Å². The van der Waals surface area contributed by atoms with Gasteiger partial charge in [-0.05, 0) is 31.1 Å². The van der Waals surface area contributed by atoms with Crippen LogP contribution in [0.3, 0.4) is 0 Å². The number of hydrogen-bond donors (Lipinski definition) is 0. The van der Waals surface area contributed by atoms with Gasteiger partial charge in [0.15, 0.2) is 0 Å². The number of halogens is 1. The zero-order chi connectivity index (χ0) is 13.8. The van der Waals surface area contributed by atoms with Crippen LogP contribution in [0.4, 0.5) is 0 Å². The molecule has 4 heteroatoms. The summed E-state index contributed by atoms with van der Waals surface area (Å²) in [4.78, 5) is 15.9. The average Bonchev–Trinajstić information content (AvgIpc) is 2.70. The number of alkyl halides is 1. The van der Waals surface area contributed by atoms with Gasteiger partial charge in [0.25, 0.3) is 0 Å². The van der Waals surface area contributed by atoms with Crippen LogP contribution in [-0.4, -0.2) is 42.2 Å². The van der Waals surface area contributed by atoms with Gasteiger partial charge in [-0.25, -0.2) is 0 Å². The fourth-order valence-corrected chi connectivity index (χ4v) is 2.73. The van der Waals surface area contributed by atoms with Crippen molar-refractivity contribution in [3.63, 3.8) is 0 Å². The lowest BCUT2D eigenvalue weighted by atomic mass is 10.1. The van der Waals surface area contributed by atoms with E-state index in [1.54, 1.807) is 0 Å². The Bertz CT molecular complexity index is 448. The maximum atomic E-state index is 11.9. The van der Waals surface area contributed by atoms with E-state index in [2.05, 4.69) is 43.3 Å². The minimum atomic E-state index is 0.226. The molecule has 0 aromatic heterocycles. The van der Waals surface area contributed by atoms with Crippen molar-refractivity contribution in [2.45, 2.75) is 19.5 Å². The van der Waals surface area contributed by atoms with Crippen molar-refractivity contribution in [3.8, 4) is 0 Å². The first-order chi connectivity index (χ1) is 9.08. The van der Waals surface area contributed by atoms with Gasteiger partial charge in [0, 0.05) is 31.9 Å². The third kappa shape index (κ3) is 3.95. The zero-order valence-electron chi connectivity index (χ0n) is 11.6. The SMILES string of the molecule is CN(C)Cc1cccc(CN2CC(CCl)CC2=O)c1. The third-order valence-corrected chi connectivity index (χ3v) is 3.81. The molecule has 19 heavy (non-hydrogen) atoms. The number of likely N-dealkylation sites (tertiary alicyclic amines) is 1. The molecule has 0 spiro atoms. The van der Waals surface area contributed by atoms with Gasteiger partial charge in [0.1, 0.15) is 0 Å². The number of amides is 1. The second kappa shape index (κ2) is 6.40. The lowest BCUT2D eigenvalue weighted by molar-refractivity contribution is -0.128. The quantitative estimate of drug-likeness (QED) is 0.773. The molecule has 0 aliphatic carbocycles. The normalized spacial score (nSPS) is 19.5. The molecule has 2 rings (SSSR count). The molecule has 3 nitrogen and oxygen atoms in total. The molecule has 0 N–H and O–H groups in total. The molecule has 0 saturated carbocycles. The van der Waals surface area contributed by atoms with Gasteiger partial charge in [-0.2, -0.15) is 0 Å². The van der Waals surface area contributed by atoms with Gasteiger partial charge >= 0.3 is 0 Å². The van der Waals surface area contributed by atoms with Crippen LogP contribution in [0.1, 0.15) is 17.5 Å². The molecule has 1 heterocycles. The van der Waals surface area contributed by atoms with Gasteiger partial charge in [-0.3, -0.25) is 4.79 Å². The van der Waals surface area contributed by atoms with Crippen molar-refractivity contribution in [2.24, 2.45) is 5.92 Å². The molecule has 104 valence electrons. The fourth-order valence-electron chi connectivity index (χ4n) is 2.52. The van der Waals surface area contributed by atoms with Gasteiger partial charge in [-0.1, -0.05) is 24.3 Å². The van der Waals surface area contributed by atoms with Crippen LogP contribution >= 0.6 is 11.6 Å². The molecule has 0 bridgehead atoms. The lowest BCUT2D eigenvalue weighted by Gasteiger charge is -2.17. The number of carbonyl (C=O) groups excluding carboxylic acids is 1. The summed E-state index contributed by atoms with van der Waals surface area (Å²) in [5.74, 6) is 1.12. The monoisotopic (exact) mass is 280 g/mol. The van der Waals surface area contributed by atoms with Crippen molar-refractivity contribution in [3.05, 3.63) is 35.4 Å². The molecule has 1 aromatic rings. The van der Waals surface area contributed by atoms with E-state index in [0.29, 0.717) is 24.8 Å². The molecule has 1 saturated heterocycles. The summed E-state index contributed by atoms with van der Waals surface area (Å²) in [6, 6.07) is 8.45. The second-order valence-electron chi connectivity index (χ2n) is 5.56. The van der Waals surface area contributed by atoms with Crippen molar-refractivity contribution in [2.75, 3.05) is 26.5 Å². The van der Waals surface area contributed by atoms with E-state index < -0.39 is 0 Å². The Morgan fingerprint density at radius 2 is 2.11 bits per heavy atom. The van der Waals surface area contributed by atoms with Gasteiger partial charge in [0.05, 0.1) is 0 Å². The Labute approximate surface area is 120 Å². The summed E-state index contributed by atoms with van der Waals surface area (Å²) in [5.41, 5.74) is 2.48. The first-order valence-corrected chi connectivity index (χ1v) is 7.18. The summed E-state index contributed by atoms with van der Waals surface area (Å²) < 4.78 is 0. The highest BCUT2D eigenvalue weighted by Crippen LogP contribution is 2.21. The number of benzene rings is 1. The van der Waals surface area contributed by atoms with E-state index in [-0.39, 0.29) is 5.91 Å². The largest absolute Gasteiger partial charge is 0.338 e. The standard InChI is InChI=1S/C15H21ClN2O/c1-17(2)9-12-4-3-5-13(6-12)10-18-11-14(8-16)7-15(18)19/h3-6,14H,7-11H2,1-2H3. The molecule has 1 aliphatic rings. The molecule has 1 atom stereocenters. The molecule has 1 unspecified atom stereocenters. The Morgan fingerprint density at radius 1 is 1.37 bits per heavy atom. The third-order valence-electron chi connectivity index (χ3n) is 3.38. The molecule has 1 aromatic carbocycles. The van der Waals surface area contributed by atoms with Gasteiger partial charge < -0.3 is 9.80 Å². The Balaban J connectivity index is 2.01. The summed E-state index contributed by atoms with van der Waals surface area (Å²) >= 11 is 5.84. The molecule has 1 aliphatic heterocycles. The molecule has 1 fully saturated rings. The number of nitrogens with zero attached hydrogens (tertiary/aromatic N) is 2. The summed E-state index contributed by atoms with van der Waals surface area (Å²) in [6.45, 7) is 2.42. The smallest absolute Gasteiger partial charge is 0.223 e. The van der Waals surface area contributed by atoms with E-state index in [9.17, 15) is 4.79 Å². The van der Waals surface area contributed by atoms with Crippen molar-refractivity contribution in [1.82, 2.24) is 9.80 Å². The minimum absolute atomic E-state index is 0.226. The average molecular weight is 281 g/mol. The number of hydrogen-bond acceptors (Lipinski definition) is 2. The minimum Gasteiger partial charge on any atom is -0.338 e. The van der Waals surface area contributed by atoms with E-state index in [1.807, 2.05) is 4.90 Å². The van der Waals surface area contributed by atoms with Crippen LogP contribution in [0.25, 0.3) is 0 Å². The van der Waals surface area contributed by atoms with Crippen LogP contribution < -0.4 is 0 Å². The molecule has 1 amide bonds. The van der Waals surface area contributed by atoms with Crippen molar-refractivity contribution in [1.29, 1.82) is 0 Å². The predicted molar refractivity (Wildman–Crippen MR) is 78.1 cm³/mol. The highest BCUT2D eigenvalue weighted by atomic mass is 35.5. The first kappa shape index (κ1) is 14.4. The van der Waals surface area contributed by atoms with E-state index in [4.69, 9.17) is 11.6 Å². The molecule has 0 radical (unpaired) electrons. The fraction of sp³-hybridized carbons (Fsp3) is 0.533. The molecular formula is C15H21ClN2O. The van der Waals surface area contributed by atoms with Crippen LogP contribution in [-0.2, 0) is 17.9 Å². The number of carbonyl (C=O) groups is 1. The van der Waals surface area contributed by atoms with Gasteiger partial charge in [0.2, 0.25) is 5.91 Å². The highest BCUT2D eigenvalue weighted by Gasteiger charge is 2.28. The lowest BCUT2D eigenvalue weighted by Crippen LogP contribution is -2.24. The highest BCUT2D eigenvalue weighted by molar-refractivity contribution is 6.18. The Kier molecular flexibility index (Phi) is 4.83. The maximum absolute atomic E-state index is 11.9. The van der Waals surface area contributed by atoms with E-state index >= 15 is 0 Å². The zero-order valence-corrected chi connectivity index (χ0v) is 12.4. The predicted octanol–water partition coefficient (Wildman–Crippen LogP) is 2.34. The number of rotatable bonds is 5. The topological polar surface area (TPSA) is 23.6 Å². The van der Waals surface area contributed by atoms with Crippen molar-refractivity contribution >= 4 is 17.5 Å². The van der Waals surface area contributed by atoms with Gasteiger partial charge in [-0.15, -0.1) is 11.6 Å². The van der Waals surface area contributed by atoms with Crippen LogP contribution in [0, 0.1) is 5.92 Å². The van der Waals surface area contributed by atoms with Crippen LogP contribution in [0.5, 0.6) is 0 Å². The van der Waals surface area contributed by atoms with Crippen LogP contribution in [0.2, 0.25) is 0 Å². The van der Waals surface area contributed by atoms with Crippen LogP contribution in [0.15, 0.2) is 24.3 Å². The summed E-state index contributed by atoms with van der Waals surface area (Å²) in [6.07, 6.45) is 0.598. The van der Waals surface area contributed by atoms with E-state index in [0.717, 1.165) is 13.1 Å². The second-order valence-corrected chi connectivity index (χ2v) is 5.87.